The Labute approximate surface area is 142 Å². The third-order valence-corrected chi connectivity index (χ3v) is 4.72. The lowest BCUT2D eigenvalue weighted by Crippen LogP contribution is -2.16. The number of carbonyl (C=O) groups excluding carboxylic acids is 1. The van der Waals surface area contributed by atoms with Crippen LogP contribution in [0.2, 0.25) is 0 Å². The van der Waals surface area contributed by atoms with Gasteiger partial charge in [-0.05, 0) is 58.7 Å². The molecule has 0 spiro atoms. The number of carbonyl (C=O) groups is 1. The van der Waals surface area contributed by atoms with Crippen molar-refractivity contribution in [2.75, 3.05) is 12.4 Å². The first-order chi connectivity index (χ1) is 10.7. The molecule has 2 rings (SSSR count). The van der Waals surface area contributed by atoms with Gasteiger partial charge in [0, 0.05) is 4.47 Å². The Kier molecular flexibility index (Phi) is 5.08. The van der Waals surface area contributed by atoms with Crippen molar-refractivity contribution in [1.29, 1.82) is 0 Å². The molecule has 2 aromatic carbocycles. The molecule has 0 aliphatic carbocycles. The first-order valence-corrected chi connectivity index (χ1v) is 8.84. The number of hydrogen-bond donors (Lipinski definition) is 2. The van der Waals surface area contributed by atoms with Gasteiger partial charge in [0.2, 0.25) is 10.0 Å². The van der Waals surface area contributed by atoms with Gasteiger partial charge in [-0.25, -0.2) is 13.6 Å². The van der Waals surface area contributed by atoms with Crippen LogP contribution in [0.15, 0.2) is 45.8 Å². The summed E-state index contributed by atoms with van der Waals surface area (Å²) in [5.74, 6) is 0.0222. The molecule has 122 valence electrons. The van der Waals surface area contributed by atoms with Crippen molar-refractivity contribution < 1.29 is 17.9 Å². The summed E-state index contributed by atoms with van der Waals surface area (Å²) >= 11 is 3.23. The molecule has 0 bridgehead atoms. The first-order valence-electron chi connectivity index (χ1n) is 6.50. The molecule has 0 saturated carbocycles. The number of nitrogens with one attached hydrogen (secondary N) is 1. The molecular weight excluding hydrogens is 384 g/mol. The van der Waals surface area contributed by atoms with Crippen molar-refractivity contribution >= 4 is 37.5 Å². The van der Waals surface area contributed by atoms with Crippen LogP contribution in [0.4, 0.5) is 5.69 Å². The maximum atomic E-state index is 12.5. The normalized spacial score (nSPS) is 11.1. The topological polar surface area (TPSA) is 98.5 Å². The van der Waals surface area contributed by atoms with E-state index in [2.05, 4.69) is 21.2 Å². The average Bonchev–Trinajstić information content (AvgIpc) is 2.46. The minimum atomic E-state index is -3.89. The zero-order valence-electron chi connectivity index (χ0n) is 12.5. The Morgan fingerprint density at radius 1 is 1.22 bits per heavy atom. The molecular formula is C15H15BrN2O4S. The molecule has 8 heteroatoms. The summed E-state index contributed by atoms with van der Waals surface area (Å²) in [6, 6.07) is 9.35. The Morgan fingerprint density at radius 3 is 2.52 bits per heavy atom. The molecule has 23 heavy (non-hydrogen) atoms. The van der Waals surface area contributed by atoms with Crippen LogP contribution in [-0.2, 0) is 10.0 Å². The molecule has 3 N–H and O–H groups in total. The number of hydrogen-bond acceptors (Lipinski definition) is 4. The van der Waals surface area contributed by atoms with E-state index in [0.717, 1.165) is 5.56 Å². The number of halogens is 1. The molecule has 1 amide bonds. The standard InChI is InChI=1S/C15H15BrN2O4S/c1-9-3-6-14(22-2)13(7-9)18-15(19)11-8-10(23(17,20)21)4-5-12(11)16/h3-8H,1-2H3,(H,18,19)(H2,17,20,21). The number of rotatable bonds is 4. The molecule has 0 saturated heterocycles. The molecule has 0 atom stereocenters. The minimum absolute atomic E-state index is 0.137. The lowest BCUT2D eigenvalue weighted by atomic mass is 10.1. The summed E-state index contributed by atoms with van der Waals surface area (Å²) in [6.45, 7) is 1.88. The van der Waals surface area contributed by atoms with E-state index >= 15 is 0 Å². The third-order valence-electron chi connectivity index (χ3n) is 3.11. The smallest absolute Gasteiger partial charge is 0.256 e. The Balaban J connectivity index is 2.40. The summed E-state index contributed by atoms with van der Waals surface area (Å²) in [6.07, 6.45) is 0. The monoisotopic (exact) mass is 398 g/mol. The van der Waals surface area contributed by atoms with Crippen molar-refractivity contribution in [2.45, 2.75) is 11.8 Å². The fourth-order valence-corrected chi connectivity index (χ4v) is 2.93. The number of benzene rings is 2. The van der Waals surface area contributed by atoms with Gasteiger partial charge in [0.15, 0.2) is 0 Å². The zero-order chi connectivity index (χ0) is 17.2. The van der Waals surface area contributed by atoms with E-state index in [1.165, 1.54) is 25.3 Å². The fourth-order valence-electron chi connectivity index (χ4n) is 1.96. The number of ether oxygens (including phenoxy) is 1. The van der Waals surface area contributed by atoms with Crippen LogP contribution in [0, 0.1) is 6.92 Å². The molecule has 0 aliphatic rings. The number of sulfonamides is 1. The van der Waals surface area contributed by atoms with Gasteiger partial charge in [-0.1, -0.05) is 6.07 Å². The second kappa shape index (κ2) is 6.69. The van der Waals surface area contributed by atoms with E-state index in [1.54, 1.807) is 12.1 Å². The van der Waals surface area contributed by atoms with Crippen LogP contribution in [-0.4, -0.2) is 21.4 Å². The number of methoxy groups -OCH3 is 1. The highest BCUT2D eigenvalue weighted by Crippen LogP contribution is 2.27. The third kappa shape index (κ3) is 4.10. The minimum Gasteiger partial charge on any atom is -0.495 e. The van der Waals surface area contributed by atoms with Gasteiger partial charge in [0.1, 0.15) is 5.75 Å². The summed E-state index contributed by atoms with van der Waals surface area (Å²) in [5, 5.41) is 7.81. The van der Waals surface area contributed by atoms with E-state index in [-0.39, 0.29) is 10.5 Å². The fraction of sp³-hybridized carbons (Fsp3) is 0.133. The first kappa shape index (κ1) is 17.5. The van der Waals surface area contributed by atoms with E-state index < -0.39 is 15.9 Å². The van der Waals surface area contributed by atoms with Gasteiger partial charge in [0.25, 0.3) is 5.91 Å². The molecule has 0 radical (unpaired) electrons. The van der Waals surface area contributed by atoms with Crippen LogP contribution in [0.1, 0.15) is 15.9 Å². The SMILES string of the molecule is COc1ccc(C)cc1NC(=O)c1cc(S(N)(=O)=O)ccc1Br. The van der Waals surface area contributed by atoms with Crippen molar-refractivity contribution in [3.63, 3.8) is 0 Å². The largest absolute Gasteiger partial charge is 0.495 e. The molecule has 6 nitrogen and oxygen atoms in total. The van der Waals surface area contributed by atoms with Crippen molar-refractivity contribution in [1.82, 2.24) is 0 Å². The number of nitrogens with two attached hydrogens (primary N) is 1. The molecule has 2 aromatic rings. The average molecular weight is 399 g/mol. The molecule has 0 heterocycles. The van der Waals surface area contributed by atoms with Gasteiger partial charge in [-0.3, -0.25) is 4.79 Å². The summed E-state index contributed by atoms with van der Waals surface area (Å²) in [7, 11) is -2.40. The van der Waals surface area contributed by atoms with E-state index in [0.29, 0.717) is 15.9 Å². The number of aryl methyl sites for hydroxylation is 1. The Hall–Kier alpha value is -1.90. The molecule has 0 aromatic heterocycles. The predicted octanol–water partition coefficient (Wildman–Crippen LogP) is 2.67. The van der Waals surface area contributed by atoms with Crippen LogP contribution in [0.25, 0.3) is 0 Å². The maximum absolute atomic E-state index is 12.5. The summed E-state index contributed by atoms with van der Waals surface area (Å²) in [5.41, 5.74) is 1.59. The van der Waals surface area contributed by atoms with Gasteiger partial charge < -0.3 is 10.1 Å². The Bertz CT molecular complexity index is 866. The van der Waals surface area contributed by atoms with Crippen molar-refractivity contribution in [3.8, 4) is 5.75 Å². The van der Waals surface area contributed by atoms with Crippen LogP contribution in [0.5, 0.6) is 5.75 Å². The number of anilines is 1. The quantitative estimate of drug-likeness (QED) is 0.826. The van der Waals surface area contributed by atoms with E-state index in [1.807, 2.05) is 13.0 Å². The Morgan fingerprint density at radius 2 is 1.91 bits per heavy atom. The lowest BCUT2D eigenvalue weighted by Gasteiger charge is -2.12. The van der Waals surface area contributed by atoms with Crippen molar-refractivity contribution in [3.05, 3.63) is 52.0 Å². The zero-order valence-corrected chi connectivity index (χ0v) is 14.9. The number of amides is 1. The van der Waals surface area contributed by atoms with Gasteiger partial charge >= 0.3 is 0 Å². The summed E-state index contributed by atoms with van der Waals surface area (Å²) < 4.78 is 28.5. The van der Waals surface area contributed by atoms with Gasteiger partial charge in [-0.2, -0.15) is 0 Å². The second-order valence-corrected chi connectivity index (χ2v) is 7.26. The van der Waals surface area contributed by atoms with E-state index in [4.69, 9.17) is 9.88 Å². The second-order valence-electron chi connectivity index (χ2n) is 4.84. The van der Waals surface area contributed by atoms with Crippen molar-refractivity contribution in [2.24, 2.45) is 5.14 Å². The van der Waals surface area contributed by atoms with Crippen LogP contribution >= 0.6 is 15.9 Å². The molecule has 0 unspecified atom stereocenters. The molecule has 0 aliphatic heterocycles. The van der Waals surface area contributed by atoms with Gasteiger partial charge in [0.05, 0.1) is 23.3 Å². The highest BCUT2D eigenvalue weighted by Gasteiger charge is 2.17. The van der Waals surface area contributed by atoms with E-state index in [9.17, 15) is 13.2 Å². The van der Waals surface area contributed by atoms with Crippen LogP contribution in [0.3, 0.4) is 0 Å². The maximum Gasteiger partial charge on any atom is 0.256 e. The number of primary sulfonamides is 1. The highest BCUT2D eigenvalue weighted by atomic mass is 79.9. The highest BCUT2D eigenvalue weighted by molar-refractivity contribution is 9.10. The van der Waals surface area contributed by atoms with Gasteiger partial charge in [-0.15, -0.1) is 0 Å². The lowest BCUT2D eigenvalue weighted by molar-refractivity contribution is 0.102. The predicted molar refractivity (Wildman–Crippen MR) is 91.2 cm³/mol. The summed E-state index contributed by atoms with van der Waals surface area (Å²) in [4.78, 5) is 12.3. The molecule has 0 fully saturated rings. The van der Waals surface area contributed by atoms with Crippen LogP contribution < -0.4 is 15.2 Å².